The summed E-state index contributed by atoms with van der Waals surface area (Å²) in [5.41, 5.74) is 0.620. The zero-order valence-corrected chi connectivity index (χ0v) is 11.3. The lowest BCUT2D eigenvalue weighted by molar-refractivity contribution is 0.393. The molecule has 2 saturated carbocycles. The van der Waals surface area contributed by atoms with Crippen molar-refractivity contribution in [2.24, 2.45) is 5.41 Å². The first-order valence-electron chi connectivity index (χ1n) is 7.04. The molecule has 0 N–H and O–H groups in total. The van der Waals surface area contributed by atoms with E-state index in [0.29, 0.717) is 16.5 Å². The zero-order valence-electron chi connectivity index (χ0n) is 10.5. The van der Waals surface area contributed by atoms with E-state index in [9.17, 15) is 0 Å². The highest BCUT2D eigenvalue weighted by molar-refractivity contribution is 6.29. The summed E-state index contributed by atoms with van der Waals surface area (Å²) in [4.78, 5) is 11.5. The van der Waals surface area contributed by atoms with Gasteiger partial charge in [-0.05, 0) is 43.9 Å². The van der Waals surface area contributed by atoms with Crippen LogP contribution in [0.15, 0.2) is 6.07 Å². The Morgan fingerprint density at radius 1 is 1.22 bits per heavy atom. The largest absolute Gasteiger partial charge is 0.356 e. The van der Waals surface area contributed by atoms with E-state index in [1.807, 2.05) is 6.07 Å². The molecular weight excluding hydrogens is 246 g/mol. The van der Waals surface area contributed by atoms with Crippen molar-refractivity contribution < 1.29 is 0 Å². The molecule has 0 bridgehead atoms. The van der Waals surface area contributed by atoms with E-state index in [2.05, 4.69) is 9.88 Å². The number of halogens is 1. The molecule has 1 aliphatic heterocycles. The summed E-state index contributed by atoms with van der Waals surface area (Å²) in [7, 11) is 0. The standard InChI is InChI=1S/C14H18ClN3/c15-11-8-12(17-13(16-11)10-2-3-10)18-7-1-4-14(9-18)5-6-14/h8,10H,1-7,9H2. The van der Waals surface area contributed by atoms with Crippen molar-refractivity contribution in [1.29, 1.82) is 0 Å². The van der Waals surface area contributed by atoms with Gasteiger partial charge in [-0.1, -0.05) is 11.6 Å². The lowest BCUT2D eigenvalue weighted by Gasteiger charge is -2.34. The summed E-state index contributed by atoms with van der Waals surface area (Å²) in [5.74, 6) is 2.60. The van der Waals surface area contributed by atoms with E-state index < -0.39 is 0 Å². The van der Waals surface area contributed by atoms with Gasteiger partial charge in [0.1, 0.15) is 16.8 Å². The van der Waals surface area contributed by atoms with Gasteiger partial charge in [-0.3, -0.25) is 0 Å². The first-order valence-corrected chi connectivity index (χ1v) is 7.41. The number of anilines is 1. The smallest absolute Gasteiger partial charge is 0.135 e. The van der Waals surface area contributed by atoms with Crippen molar-refractivity contribution in [1.82, 2.24) is 9.97 Å². The minimum absolute atomic E-state index is 0.571. The van der Waals surface area contributed by atoms with E-state index in [4.69, 9.17) is 16.6 Å². The zero-order chi connectivity index (χ0) is 12.2. The molecule has 2 aliphatic carbocycles. The van der Waals surface area contributed by atoms with Gasteiger partial charge in [-0.15, -0.1) is 0 Å². The highest BCUT2D eigenvalue weighted by Gasteiger charge is 2.45. The first kappa shape index (κ1) is 11.0. The molecule has 3 nitrogen and oxygen atoms in total. The maximum Gasteiger partial charge on any atom is 0.135 e. The molecule has 2 heterocycles. The van der Waals surface area contributed by atoms with Gasteiger partial charge in [0.15, 0.2) is 0 Å². The molecule has 3 fully saturated rings. The van der Waals surface area contributed by atoms with Crippen molar-refractivity contribution in [3.63, 3.8) is 0 Å². The van der Waals surface area contributed by atoms with Crippen LogP contribution in [-0.2, 0) is 0 Å². The van der Waals surface area contributed by atoms with Crippen LogP contribution in [0.2, 0.25) is 5.15 Å². The van der Waals surface area contributed by atoms with Crippen LogP contribution in [0.5, 0.6) is 0 Å². The molecule has 0 aromatic carbocycles. The highest BCUT2D eigenvalue weighted by atomic mass is 35.5. The third-order valence-electron chi connectivity index (χ3n) is 4.58. The van der Waals surface area contributed by atoms with Gasteiger partial charge in [0.2, 0.25) is 0 Å². The molecule has 0 amide bonds. The van der Waals surface area contributed by atoms with Crippen molar-refractivity contribution in [2.75, 3.05) is 18.0 Å². The summed E-state index contributed by atoms with van der Waals surface area (Å²) in [6.45, 7) is 2.30. The lowest BCUT2D eigenvalue weighted by Crippen LogP contribution is -2.37. The number of aromatic nitrogens is 2. The van der Waals surface area contributed by atoms with E-state index in [1.165, 1.54) is 45.1 Å². The molecule has 4 rings (SSSR count). The summed E-state index contributed by atoms with van der Waals surface area (Å²) in [5, 5.41) is 0.609. The van der Waals surface area contributed by atoms with Crippen LogP contribution in [0.1, 0.15) is 50.3 Å². The minimum Gasteiger partial charge on any atom is -0.356 e. The topological polar surface area (TPSA) is 29.0 Å². The second-order valence-electron chi connectivity index (χ2n) is 6.21. The van der Waals surface area contributed by atoms with Gasteiger partial charge >= 0.3 is 0 Å². The van der Waals surface area contributed by atoms with E-state index in [0.717, 1.165) is 18.2 Å². The van der Waals surface area contributed by atoms with E-state index >= 15 is 0 Å². The number of nitrogens with zero attached hydrogens (tertiary/aromatic N) is 3. The number of hydrogen-bond donors (Lipinski definition) is 0. The number of rotatable bonds is 2. The van der Waals surface area contributed by atoms with Gasteiger partial charge in [-0.25, -0.2) is 9.97 Å². The molecule has 3 aliphatic rings. The summed E-state index contributed by atoms with van der Waals surface area (Å²) in [6.07, 6.45) is 7.95. The maximum atomic E-state index is 6.15. The summed E-state index contributed by atoms with van der Waals surface area (Å²) in [6, 6.07) is 1.94. The van der Waals surface area contributed by atoms with Crippen LogP contribution in [-0.4, -0.2) is 23.1 Å². The van der Waals surface area contributed by atoms with E-state index in [1.54, 1.807) is 0 Å². The molecule has 4 heteroatoms. The Hall–Kier alpha value is -0.830. The fourth-order valence-corrected chi connectivity index (χ4v) is 3.28. The van der Waals surface area contributed by atoms with Crippen LogP contribution < -0.4 is 4.90 Å². The van der Waals surface area contributed by atoms with Crippen LogP contribution in [0.25, 0.3) is 0 Å². The Kier molecular flexibility index (Phi) is 2.35. The first-order chi connectivity index (χ1) is 8.74. The lowest BCUT2D eigenvalue weighted by atomic mass is 9.95. The Bertz CT molecular complexity index is 480. The highest BCUT2D eigenvalue weighted by Crippen LogP contribution is 2.52. The Morgan fingerprint density at radius 2 is 2.06 bits per heavy atom. The van der Waals surface area contributed by atoms with Crippen LogP contribution in [0.4, 0.5) is 5.82 Å². The Labute approximate surface area is 113 Å². The van der Waals surface area contributed by atoms with Crippen molar-refractivity contribution in [3.05, 3.63) is 17.0 Å². The SMILES string of the molecule is Clc1cc(N2CCCC3(CC3)C2)nc(C2CC2)n1. The molecule has 96 valence electrons. The molecule has 0 unspecified atom stereocenters. The molecule has 1 spiro atoms. The molecule has 0 radical (unpaired) electrons. The molecule has 1 saturated heterocycles. The average Bonchev–Trinajstić information content (AvgIpc) is 3.24. The van der Waals surface area contributed by atoms with Gasteiger partial charge in [-0.2, -0.15) is 0 Å². The fraction of sp³-hybridized carbons (Fsp3) is 0.714. The van der Waals surface area contributed by atoms with Gasteiger partial charge in [0.05, 0.1) is 0 Å². The van der Waals surface area contributed by atoms with Crippen LogP contribution >= 0.6 is 11.6 Å². The molecule has 0 atom stereocenters. The monoisotopic (exact) mass is 263 g/mol. The summed E-state index contributed by atoms with van der Waals surface area (Å²) >= 11 is 6.15. The van der Waals surface area contributed by atoms with Crippen molar-refractivity contribution in [2.45, 2.75) is 44.4 Å². The third-order valence-corrected chi connectivity index (χ3v) is 4.78. The van der Waals surface area contributed by atoms with Crippen molar-refractivity contribution in [3.8, 4) is 0 Å². The van der Waals surface area contributed by atoms with Crippen LogP contribution in [0.3, 0.4) is 0 Å². The maximum absolute atomic E-state index is 6.15. The van der Waals surface area contributed by atoms with Gasteiger partial charge in [0.25, 0.3) is 0 Å². The third kappa shape index (κ3) is 1.99. The second kappa shape index (κ2) is 3.83. The molecular formula is C14H18ClN3. The average molecular weight is 264 g/mol. The Balaban J connectivity index is 1.62. The second-order valence-corrected chi connectivity index (χ2v) is 6.59. The van der Waals surface area contributed by atoms with Gasteiger partial charge < -0.3 is 4.90 Å². The number of piperidine rings is 1. The number of hydrogen-bond acceptors (Lipinski definition) is 3. The van der Waals surface area contributed by atoms with Crippen molar-refractivity contribution >= 4 is 17.4 Å². The quantitative estimate of drug-likeness (QED) is 0.766. The molecule has 18 heavy (non-hydrogen) atoms. The normalized spacial score (nSPS) is 25.5. The van der Waals surface area contributed by atoms with Gasteiger partial charge in [0, 0.05) is 25.1 Å². The fourth-order valence-electron chi connectivity index (χ4n) is 3.10. The Morgan fingerprint density at radius 3 is 2.78 bits per heavy atom. The molecule has 1 aromatic rings. The van der Waals surface area contributed by atoms with E-state index in [-0.39, 0.29) is 0 Å². The predicted octanol–water partition coefficient (Wildman–Crippen LogP) is 3.39. The minimum atomic E-state index is 0.571. The molecule has 1 aromatic heterocycles. The summed E-state index contributed by atoms with van der Waals surface area (Å²) < 4.78 is 0. The van der Waals surface area contributed by atoms with Crippen LogP contribution in [0, 0.1) is 5.41 Å². The predicted molar refractivity (Wildman–Crippen MR) is 72.1 cm³/mol.